The second kappa shape index (κ2) is 6.62. The van der Waals surface area contributed by atoms with E-state index in [2.05, 4.69) is 0 Å². The van der Waals surface area contributed by atoms with Crippen molar-refractivity contribution in [2.75, 3.05) is 30.8 Å². The second-order valence-corrected chi connectivity index (χ2v) is 7.67. The van der Waals surface area contributed by atoms with Crippen LogP contribution >= 0.6 is 0 Å². The summed E-state index contributed by atoms with van der Waals surface area (Å²) >= 11 is 0. The van der Waals surface area contributed by atoms with Gasteiger partial charge in [-0.05, 0) is 43.9 Å². The Hall–Kier alpha value is -1.67. The Bertz CT molecular complexity index is 658. The summed E-state index contributed by atoms with van der Waals surface area (Å²) in [6.45, 7) is 1.95. The summed E-state index contributed by atoms with van der Waals surface area (Å²) in [4.78, 5) is 12.5. The van der Waals surface area contributed by atoms with E-state index in [1.54, 1.807) is 12.1 Å². The molecule has 1 aromatic rings. The highest BCUT2D eigenvalue weighted by Gasteiger charge is 2.30. The van der Waals surface area contributed by atoms with Gasteiger partial charge in [-0.1, -0.05) is 6.07 Å². The zero-order valence-electron chi connectivity index (χ0n) is 12.6. The molecular formula is C14H21N3O4S. The molecule has 2 rings (SSSR count). The molecule has 0 bridgehead atoms. The van der Waals surface area contributed by atoms with E-state index in [4.69, 9.17) is 5.73 Å². The summed E-state index contributed by atoms with van der Waals surface area (Å²) in [7, 11) is -3.65. The SMILES string of the molecule is CS(=O)(=O)c1cccc(N2CCCC(CCN)C2)c1[N+](=O)[O-]. The molecule has 1 unspecified atom stereocenters. The normalized spacial score (nSPS) is 19.2. The van der Waals surface area contributed by atoms with Crippen molar-refractivity contribution in [3.05, 3.63) is 28.3 Å². The zero-order valence-corrected chi connectivity index (χ0v) is 13.4. The van der Waals surface area contributed by atoms with Crippen LogP contribution in [0.5, 0.6) is 0 Å². The summed E-state index contributed by atoms with van der Waals surface area (Å²) < 4.78 is 23.6. The minimum Gasteiger partial charge on any atom is -0.366 e. The molecule has 7 nitrogen and oxygen atoms in total. The highest BCUT2D eigenvalue weighted by atomic mass is 32.2. The third-order valence-electron chi connectivity index (χ3n) is 3.99. The van der Waals surface area contributed by atoms with E-state index >= 15 is 0 Å². The van der Waals surface area contributed by atoms with E-state index < -0.39 is 14.8 Å². The van der Waals surface area contributed by atoms with Crippen LogP contribution in [0.4, 0.5) is 11.4 Å². The number of anilines is 1. The molecule has 1 atom stereocenters. The van der Waals surface area contributed by atoms with Crippen LogP contribution in [0, 0.1) is 16.0 Å². The number of para-hydroxylation sites is 1. The third kappa shape index (κ3) is 3.56. The number of nitrogens with zero attached hydrogens (tertiary/aromatic N) is 2. The van der Waals surface area contributed by atoms with Gasteiger partial charge >= 0.3 is 5.69 Å². The second-order valence-electron chi connectivity index (χ2n) is 5.68. The molecule has 1 heterocycles. The maximum atomic E-state index is 11.8. The van der Waals surface area contributed by atoms with Crippen LogP contribution in [0.25, 0.3) is 0 Å². The molecule has 0 spiro atoms. The van der Waals surface area contributed by atoms with Crippen molar-refractivity contribution in [2.45, 2.75) is 24.2 Å². The van der Waals surface area contributed by atoms with Crippen LogP contribution in [-0.2, 0) is 9.84 Å². The topological polar surface area (TPSA) is 107 Å². The Balaban J connectivity index is 2.44. The lowest BCUT2D eigenvalue weighted by molar-refractivity contribution is -0.387. The summed E-state index contributed by atoms with van der Waals surface area (Å²) in [6, 6.07) is 4.47. The van der Waals surface area contributed by atoms with Crippen molar-refractivity contribution < 1.29 is 13.3 Å². The molecule has 0 radical (unpaired) electrons. The van der Waals surface area contributed by atoms with Gasteiger partial charge in [-0.15, -0.1) is 0 Å². The summed E-state index contributed by atoms with van der Waals surface area (Å²) in [5.74, 6) is 0.389. The van der Waals surface area contributed by atoms with Crippen LogP contribution in [0.15, 0.2) is 23.1 Å². The Labute approximate surface area is 130 Å². The number of nitro groups is 1. The van der Waals surface area contributed by atoms with Crippen molar-refractivity contribution >= 4 is 21.2 Å². The lowest BCUT2D eigenvalue weighted by Gasteiger charge is -2.34. The Kier molecular flexibility index (Phi) is 5.02. The van der Waals surface area contributed by atoms with E-state index in [0.717, 1.165) is 25.5 Å². The number of hydrogen-bond donors (Lipinski definition) is 1. The van der Waals surface area contributed by atoms with Gasteiger partial charge in [0.15, 0.2) is 9.84 Å². The molecule has 1 aliphatic heterocycles. The zero-order chi connectivity index (χ0) is 16.3. The average molecular weight is 327 g/mol. The summed E-state index contributed by atoms with van der Waals surface area (Å²) in [5.41, 5.74) is 5.66. The molecule has 0 aliphatic carbocycles. The number of nitrogens with two attached hydrogens (primary N) is 1. The van der Waals surface area contributed by atoms with Crippen LogP contribution in [0.1, 0.15) is 19.3 Å². The standard InChI is InChI=1S/C14H21N3O4S/c1-22(20,21)13-6-2-5-12(14(13)17(18)19)16-9-3-4-11(10-16)7-8-15/h2,5-6,11H,3-4,7-10,15H2,1H3. The lowest BCUT2D eigenvalue weighted by Crippen LogP contribution is -2.36. The van der Waals surface area contributed by atoms with Crippen molar-refractivity contribution in [3.8, 4) is 0 Å². The molecule has 0 saturated carbocycles. The smallest absolute Gasteiger partial charge is 0.311 e. The molecule has 1 aromatic carbocycles. The number of hydrogen-bond acceptors (Lipinski definition) is 6. The van der Waals surface area contributed by atoms with Gasteiger partial charge in [-0.2, -0.15) is 0 Å². The molecule has 1 fully saturated rings. The van der Waals surface area contributed by atoms with Crippen LogP contribution < -0.4 is 10.6 Å². The monoisotopic (exact) mass is 327 g/mol. The number of rotatable bonds is 5. The van der Waals surface area contributed by atoms with E-state index in [9.17, 15) is 18.5 Å². The maximum Gasteiger partial charge on any atom is 0.311 e. The van der Waals surface area contributed by atoms with Gasteiger partial charge in [0, 0.05) is 19.3 Å². The van der Waals surface area contributed by atoms with Gasteiger partial charge in [0.2, 0.25) is 0 Å². The minimum atomic E-state index is -3.65. The fourth-order valence-electron chi connectivity index (χ4n) is 3.00. The molecule has 0 aromatic heterocycles. The molecular weight excluding hydrogens is 306 g/mol. The number of piperidine rings is 1. The molecule has 8 heteroatoms. The fraction of sp³-hybridized carbons (Fsp3) is 0.571. The first-order valence-electron chi connectivity index (χ1n) is 7.27. The minimum absolute atomic E-state index is 0.226. The van der Waals surface area contributed by atoms with Gasteiger partial charge in [-0.3, -0.25) is 10.1 Å². The first kappa shape index (κ1) is 16.7. The molecule has 1 aliphatic rings. The predicted molar refractivity (Wildman–Crippen MR) is 84.8 cm³/mol. The predicted octanol–water partition coefficient (Wildman–Crippen LogP) is 1.56. The van der Waals surface area contributed by atoms with Crippen LogP contribution in [0.2, 0.25) is 0 Å². The molecule has 22 heavy (non-hydrogen) atoms. The summed E-state index contributed by atoms with van der Waals surface area (Å²) in [5, 5.41) is 11.4. The molecule has 2 N–H and O–H groups in total. The Morgan fingerprint density at radius 2 is 2.18 bits per heavy atom. The summed E-state index contributed by atoms with van der Waals surface area (Å²) in [6.07, 6.45) is 3.83. The maximum absolute atomic E-state index is 11.8. The van der Waals surface area contributed by atoms with Gasteiger partial charge in [-0.25, -0.2) is 8.42 Å². The fourth-order valence-corrected chi connectivity index (χ4v) is 3.86. The quantitative estimate of drug-likeness (QED) is 0.650. The van der Waals surface area contributed by atoms with Crippen molar-refractivity contribution in [1.82, 2.24) is 0 Å². The molecule has 1 saturated heterocycles. The first-order valence-corrected chi connectivity index (χ1v) is 9.16. The molecule has 122 valence electrons. The Morgan fingerprint density at radius 3 is 2.77 bits per heavy atom. The van der Waals surface area contributed by atoms with E-state index in [-0.39, 0.29) is 10.6 Å². The van der Waals surface area contributed by atoms with E-state index in [1.165, 1.54) is 6.07 Å². The van der Waals surface area contributed by atoms with Crippen LogP contribution in [-0.4, -0.2) is 39.2 Å². The highest BCUT2D eigenvalue weighted by molar-refractivity contribution is 7.90. The van der Waals surface area contributed by atoms with Gasteiger partial charge in [0.25, 0.3) is 0 Å². The number of benzene rings is 1. The van der Waals surface area contributed by atoms with Crippen molar-refractivity contribution in [1.29, 1.82) is 0 Å². The van der Waals surface area contributed by atoms with E-state index in [1.807, 2.05) is 4.90 Å². The van der Waals surface area contributed by atoms with Crippen molar-refractivity contribution in [3.63, 3.8) is 0 Å². The van der Waals surface area contributed by atoms with Gasteiger partial charge < -0.3 is 10.6 Å². The van der Waals surface area contributed by atoms with E-state index in [0.29, 0.717) is 31.2 Å². The first-order chi connectivity index (χ1) is 10.3. The Morgan fingerprint density at radius 1 is 1.45 bits per heavy atom. The molecule has 0 amide bonds. The number of nitro benzene ring substituents is 1. The lowest BCUT2D eigenvalue weighted by atomic mass is 9.94. The number of sulfone groups is 1. The van der Waals surface area contributed by atoms with Gasteiger partial charge in [0.1, 0.15) is 10.6 Å². The third-order valence-corrected chi connectivity index (χ3v) is 5.12. The van der Waals surface area contributed by atoms with Crippen molar-refractivity contribution in [2.24, 2.45) is 11.7 Å². The highest BCUT2D eigenvalue weighted by Crippen LogP contribution is 2.36. The van der Waals surface area contributed by atoms with Gasteiger partial charge in [0.05, 0.1) is 4.92 Å². The average Bonchev–Trinajstić information content (AvgIpc) is 2.46. The van der Waals surface area contributed by atoms with Crippen LogP contribution in [0.3, 0.4) is 0 Å². The largest absolute Gasteiger partial charge is 0.366 e.